The summed E-state index contributed by atoms with van der Waals surface area (Å²) in [7, 11) is 3.38. The van der Waals surface area contributed by atoms with Crippen molar-refractivity contribution in [1.82, 2.24) is 5.32 Å². The summed E-state index contributed by atoms with van der Waals surface area (Å²) in [6.07, 6.45) is 2.27. The molecule has 0 heterocycles. The van der Waals surface area contributed by atoms with Crippen molar-refractivity contribution in [2.45, 2.75) is 34.9 Å². The van der Waals surface area contributed by atoms with Crippen LogP contribution in [-0.4, -0.2) is 36.0 Å². The first-order chi connectivity index (χ1) is 9.09. The van der Waals surface area contributed by atoms with Crippen molar-refractivity contribution in [3.05, 3.63) is 24.3 Å². The topological polar surface area (TPSA) is 58.6 Å². The molecule has 0 radical (unpaired) electrons. The molecule has 0 aliphatic heterocycles. The van der Waals surface area contributed by atoms with Crippen LogP contribution >= 0.6 is 11.8 Å². The van der Waals surface area contributed by atoms with Crippen LogP contribution < -0.4 is 10.1 Å². The van der Waals surface area contributed by atoms with Gasteiger partial charge in [-0.1, -0.05) is 0 Å². The molecule has 2 atom stereocenters. The van der Waals surface area contributed by atoms with Gasteiger partial charge in [-0.3, -0.25) is 4.79 Å². The molecule has 19 heavy (non-hydrogen) atoms. The van der Waals surface area contributed by atoms with Gasteiger partial charge in [-0.05, 0) is 50.6 Å². The molecule has 0 amide bonds. The molecule has 0 bridgehead atoms. The molecule has 5 heteroatoms. The molecule has 0 saturated heterocycles. The van der Waals surface area contributed by atoms with Crippen LogP contribution in [0.3, 0.4) is 0 Å². The Balaban J connectivity index is 1.99. The molecule has 1 aliphatic rings. The lowest BCUT2D eigenvalue weighted by atomic mass is 9.99. The van der Waals surface area contributed by atoms with Crippen molar-refractivity contribution < 1.29 is 14.6 Å². The van der Waals surface area contributed by atoms with E-state index in [0.29, 0.717) is 18.1 Å². The summed E-state index contributed by atoms with van der Waals surface area (Å²) in [6.45, 7) is 0. The molecule has 1 aromatic carbocycles. The smallest absolute Gasteiger partial charge is 0.323 e. The number of thioether (sulfide) groups is 1. The van der Waals surface area contributed by atoms with Gasteiger partial charge in [0.15, 0.2) is 0 Å². The molecule has 1 aromatic rings. The Morgan fingerprint density at radius 3 is 2.63 bits per heavy atom. The summed E-state index contributed by atoms with van der Waals surface area (Å²) in [5, 5.41) is 12.7. The maximum absolute atomic E-state index is 11.3. The SMILES string of the molecule is CNC1(C(=O)O)CCC(Sc2ccc(OC)cc2)C1. The van der Waals surface area contributed by atoms with Gasteiger partial charge in [0.2, 0.25) is 0 Å². The molecule has 4 nitrogen and oxygen atoms in total. The normalized spacial score (nSPS) is 26.3. The van der Waals surface area contributed by atoms with Crippen LogP contribution in [0.4, 0.5) is 0 Å². The minimum atomic E-state index is -0.746. The minimum Gasteiger partial charge on any atom is -0.497 e. The average molecular weight is 281 g/mol. The number of likely N-dealkylation sites (N-methyl/N-ethyl adjacent to an activating group) is 1. The van der Waals surface area contributed by atoms with Gasteiger partial charge in [-0.25, -0.2) is 0 Å². The number of aliphatic carboxylic acids is 1. The third-order valence-corrected chi connectivity index (χ3v) is 5.00. The van der Waals surface area contributed by atoms with Crippen molar-refractivity contribution >= 4 is 17.7 Å². The van der Waals surface area contributed by atoms with Crippen LogP contribution in [-0.2, 0) is 4.79 Å². The monoisotopic (exact) mass is 281 g/mol. The maximum atomic E-state index is 11.3. The van der Waals surface area contributed by atoms with E-state index in [2.05, 4.69) is 5.32 Å². The van der Waals surface area contributed by atoms with Crippen molar-refractivity contribution in [3.63, 3.8) is 0 Å². The zero-order chi connectivity index (χ0) is 13.9. The lowest BCUT2D eigenvalue weighted by molar-refractivity contribution is -0.144. The van der Waals surface area contributed by atoms with Gasteiger partial charge in [0.1, 0.15) is 11.3 Å². The molecule has 104 valence electrons. The number of rotatable bonds is 5. The zero-order valence-electron chi connectivity index (χ0n) is 11.2. The molecule has 1 saturated carbocycles. The van der Waals surface area contributed by atoms with E-state index in [-0.39, 0.29) is 0 Å². The minimum absolute atomic E-state index is 0.344. The first-order valence-corrected chi connectivity index (χ1v) is 7.20. The fourth-order valence-electron chi connectivity index (χ4n) is 2.48. The van der Waals surface area contributed by atoms with Gasteiger partial charge in [0.25, 0.3) is 0 Å². The summed E-state index contributed by atoms with van der Waals surface area (Å²) in [5.74, 6) is 0.0960. The first kappa shape index (κ1) is 14.2. The van der Waals surface area contributed by atoms with Gasteiger partial charge in [-0.2, -0.15) is 0 Å². The van der Waals surface area contributed by atoms with Crippen LogP contribution in [0.2, 0.25) is 0 Å². The number of methoxy groups -OCH3 is 1. The van der Waals surface area contributed by atoms with Gasteiger partial charge in [-0.15, -0.1) is 11.8 Å². The number of carbonyl (C=O) groups is 1. The molecule has 1 fully saturated rings. The second kappa shape index (κ2) is 5.84. The van der Waals surface area contributed by atoms with Crippen molar-refractivity contribution in [2.24, 2.45) is 0 Å². The summed E-state index contributed by atoms with van der Waals surface area (Å²) >= 11 is 1.75. The van der Waals surface area contributed by atoms with E-state index in [1.165, 1.54) is 0 Å². The number of benzene rings is 1. The fraction of sp³-hybridized carbons (Fsp3) is 0.500. The molecular formula is C14H19NO3S. The second-order valence-corrected chi connectivity index (χ2v) is 6.17. The second-order valence-electron chi connectivity index (χ2n) is 4.80. The molecule has 0 spiro atoms. The van der Waals surface area contributed by atoms with Crippen molar-refractivity contribution in [3.8, 4) is 5.75 Å². The van der Waals surface area contributed by atoms with Gasteiger partial charge >= 0.3 is 5.97 Å². The molecule has 2 N–H and O–H groups in total. The van der Waals surface area contributed by atoms with Crippen LogP contribution in [0, 0.1) is 0 Å². The quantitative estimate of drug-likeness (QED) is 0.868. The Bertz CT molecular complexity index is 449. The highest BCUT2D eigenvalue weighted by atomic mass is 32.2. The predicted octanol–water partition coefficient (Wildman–Crippen LogP) is 2.38. The number of ether oxygens (including phenoxy) is 1. The summed E-state index contributed by atoms with van der Waals surface area (Å²) < 4.78 is 5.12. The molecule has 2 rings (SSSR count). The lowest BCUT2D eigenvalue weighted by Gasteiger charge is -2.23. The Morgan fingerprint density at radius 1 is 1.47 bits per heavy atom. The molecule has 2 unspecified atom stereocenters. The summed E-state index contributed by atoms with van der Waals surface area (Å²) in [6, 6.07) is 7.90. The third kappa shape index (κ3) is 3.04. The molecule has 1 aliphatic carbocycles. The van der Waals surface area contributed by atoms with Gasteiger partial charge in [0, 0.05) is 10.1 Å². The zero-order valence-corrected chi connectivity index (χ0v) is 12.0. The van der Waals surface area contributed by atoms with Crippen molar-refractivity contribution in [1.29, 1.82) is 0 Å². The van der Waals surface area contributed by atoms with Crippen LogP contribution in [0.25, 0.3) is 0 Å². The van der Waals surface area contributed by atoms with E-state index in [0.717, 1.165) is 17.1 Å². The van der Waals surface area contributed by atoms with Crippen LogP contribution in [0.5, 0.6) is 5.75 Å². The number of nitrogens with one attached hydrogen (secondary N) is 1. The van der Waals surface area contributed by atoms with Crippen molar-refractivity contribution in [2.75, 3.05) is 14.2 Å². The standard InChI is InChI=1S/C14H19NO3S/c1-15-14(13(16)17)8-7-12(9-14)19-11-5-3-10(18-2)4-6-11/h3-6,12,15H,7-9H2,1-2H3,(H,16,17). The molecular weight excluding hydrogens is 262 g/mol. The highest BCUT2D eigenvalue weighted by Gasteiger charge is 2.44. The Kier molecular flexibility index (Phi) is 4.37. The van der Waals surface area contributed by atoms with E-state index in [1.54, 1.807) is 25.9 Å². The van der Waals surface area contributed by atoms with E-state index in [1.807, 2.05) is 24.3 Å². The van der Waals surface area contributed by atoms with Gasteiger partial charge < -0.3 is 15.2 Å². The van der Waals surface area contributed by atoms with E-state index in [4.69, 9.17) is 4.74 Å². The number of carboxylic acids is 1. The van der Waals surface area contributed by atoms with E-state index in [9.17, 15) is 9.90 Å². The third-order valence-electron chi connectivity index (χ3n) is 3.72. The maximum Gasteiger partial charge on any atom is 0.323 e. The van der Waals surface area contributed by atoms with Crippen LogP contribution in [0.15, 0.2) is 29.2 Å². The highest BCUT2D eigenvalue weighted by molar-refractivity contribution is 8.00. The van der Waals surface area contributed by atoms with Crippen LogP contribution in [0.1, 0.15) is 19.3 Å². The number of hydrogen-bond acceptors (Lipinski definition) is 4. The summed E-state index contributed by atoms with van der Waals surface area (Å²) in [4.78, 5) is 12.5. The van der Waals surface area contributed by atoms with Gasteiger partial charge in [0.05, 0.1) is 7.11 Å². The number of hydrogen-bond donors (Lipinski definition) is 2. The molecule has 0 aromatic heterocycles. The summed E-state index contributed by atoms with van der Waals surface area (Å²) in [5.41, 5.74) is -0.746. The first-order valence-electron chi connectivity index (χ1n) is 6.32. The Labute approximate surface area is 117 Å². The van der Waals surface area contributed by atoms with E-state index < -0.39 is 11.5 Å². The largest absolute Gasteiger partial charge is 0.497 e. The predicted molar refractivity (Wildman–Crippen MR) is 75.9 cm³/mol. The fourth-order valence-corrected chi connectivity index (χ4v) is 3.76. The number of carboxylic acid groups (broad SMARTS) is 1. The average Bonchev–Trinajstić information content (AvgIpc) is 2.84. The lowest BCUT2D eigenvalue weighted by Crippen LogP contribution is -2.48. The Hall–Kier alpha value is -1.20. The Morgan fingerprint density at radius 2 is 2.16 bits per heavy atom. The highest BCUT2D eigenvalue weighted by Crippen LogP contribution is 2.40. The van der Waals surface area contributed by atoms with E-state index >= 15 is 0 Å².